The van der Waals surface area contributed by atoms with Gasteiger partial charge >= 0.3 is 0 Å². The number of nitrogens with one attached hydrogen (secondary N) is 2. The summed E-state index contributed by atoms with van der Waals surface area (Å²) in [6, 6.07) is 8.59. The normalized spacial score (nSPS) is 23.0. The van der Waals surface area contributed by atoms with Gasteiger partial charge in [-0.3, -0.25) is 4.99 Å². The molecule has 1 aromatic rings. The number of anilines is 1. The van der Waals surface area contributed by atoms with E-state index in [1.807, 2.05) is 0 Å². The molecule has 5 nitrogen and oxygen atoms in total. The Balaban J connectivity index is 0.00000243. The van der Waals surface area contributed by atoms with Crippen LogP contribution in [0.3, 0.4) is 0 Å². The van der Waals surface area contributed by atoms with Gasteiger partial charge in [0.05, 0.1) is 6.10 Å². The van der Waals surface area contributed by atoms with Crippen molar-refractivity contribution in [3.63, 3.8) is 0 Å². The number of benzene rings is 1. The summed E-state index contributed by atoms with van der Waals surface area (Å²) in [4.78, 5) is 7.26. The molecule has 2 N–H and O–H groups in total. The highest BCUT2D eigenvalue weighted by Gasteiger charge is 2.22. The van der Waals surface area contributed by atoms with E-state index in [0.29, 0.717) is 12.0 Å². The summed E-state index contributed by atoms with van der Waals surface area (Å²) in [5, 5.41) is 6.77. The Morgan fingerprint density at radius 1 is 1.27 bits per heavy atom. The van der Waals surface area contributed by atoms with Gasteiger partial charge in [-0.15, -0.1) is 24.0 Å². The van der Waals surface area contributed by atoms with E-state index in [-0.39, 0.29) is 24.0 Å². The lowest BCUT2D eigenvalue weighted by atomic mass is 10.1. The van der Waals surface area contributed by atoms with Gasteiger partial charge in [-0.2, -0.15) is 0 Å². The van der Waals surface area contributed by atoms with Crippen molar-refractivity contribution in [2.45, 2.75) is 32.3 Å². The van der Waals surface area contributed by atoms with Crippen molar-refractivity contribution in [2.24, 2.45) is 10.9 Å². The Kier molecular flexibility index (Phi) is 9.49. The van der Waals surface area contributed by atoms with E-state index in [1.54, 1.807) is 0 Å². The molecule has 0 amide bonds. The number of rotatable bonds is 6. The van der Waals surface area contributed by atoms with Gasteiger partial charge in [-0.05, 0) is 56.4 Å². The standard InChI is InChI=1S/C19H29BrN4O.HI/c1-2-21-19(23-13-18-4-3-11-25-18)22-12-15-9-10-24(14-15)17-7-5-16(20)6-8-17;/h5-8,15,18H,2-4,9-14H2,1H3,(H2,21,22,23);1H. The lowest BCUT2D eigenvalue weighted by Crippen LogP contribution is -2.41. The maximum atomic E-state index is 5.68. The number of guanidine groups is 1. The molecule has 2 saturated heterocycles. The largest absolute Gasteiger partial charge is 0.376 e. The summed E-state index contributed by atoms with van der Waals surface area (Å²) >= 11 is 3.50. The molecule has 0 saturated carbocycles. The molecule has 3 rings (SSSR count). The summed E-state index contributed by atoms with van der Waals surface area (Å²) in [5.41, 5.74) is 1.30. The third kappa shape index (κ3) is 6.56. The molecule has 2 aliphatic heterocycles. The number of aliphatic imine (C=N–C) groups is 1. The van der Waals surface area contributed by atoms with Crippen molar-refractivity contribution >= 4 is 51.6 Å². The zero-order chi connectivity index (χ0) is 17.5. The minimum Gasteiger partial charge on any atom is -0.376 e. The molecular formula is C19H30BrIN4O. The Bertz CT molecular complexity index is 563. The van der Waals surface area contributed by atoms with E-state index in [2.05, 4.69) is 62.7 Å². The molecule has 2 unspecified atom stereocenters. The van der Waals surface area contributed by atoms with Crippen LogP contribution in [0.25, 0.3) is 0 Å². The van der Waals surface area contributed by atoms with E-state index >= 15 is 0 Å². The summed E-state index contributed by atoms with van der Waals surface area (Å²) in [6.07, 6.45) is 3.86. The first-order valence-corrected chi connectivity index (χ1v) is 10.2. The highest BCUT2D eigenvalue weighted by Crippen LogP contribution is 2.25. The van der Waals surface area contributed by atoms with E-state index in [4.69, 9.17) is 9.73 Å². The molecule has 0 bridgehead atoms. The van der Waals surface area contributed by atoms with E-state index in [0.717, 1.165) is 56.2 Å². The van der Waals surface area contributed by atoms with Crippen molar-refractivity contribution in [2.75, 3.05) is 44.2 Å². The zero-order valence-electron chi connectivity index (χ0n) is 15.4. The Morgan fingerprint density at radius 2 is 2.08 bits per heavy atom. The van der Waals surface area contributed by atoms with Crippen molar-refractivity contribution < 1.29 is 4.74 Å². The predicted octanol–water partition coefficient (Wildman–Crippen LogP) is 3.63. The molecule has 146 valence electrons. The fourth-order valence-electron chi connectivity index (χ4n) is 3.45. The Morgan fingerprint density at radius 3 is 2.77 bits per heavy atom. The molecular weight excluding hydrogens is 507 g/mol. The fraction of sp³-hybridized carbons (Fsp3) is 0.632. The van der Waals surface area contributed by atoms with Gasteiger partial charge in [0.2, 0.25) is 0 Å². The van der Waals surface area contributed by atoms with Crippen molar-refractivity contribution in [1.82, 2.24) is 10.6 Å². The summed E-state index contributed by atoms with van der Waals surface area (Å²) in [5.74, 6) is 1.53. The fourth-order valence-corrected chi connectivity index (χ4v) is 3.71. The van der Waals surface area contributed by atoms with Gasteiger partial charge in [0.15, 0.2) is 5.96 Å². The zero-order valence-corrected chi connectivity index (χ0v) is 19.3. The molecule has 26 heavy (non-hydrogen) atoms. The van der Waals surface area contributed by atoms with Gasteiger partial charge in [0.25, 0.3) is 0 Å². The first-order valence-electron chi connectivity index (χ1n) is 9.39. The Labute approximate surface area is 182 Å². The van der Waals surface area contributed by atoms with Crippen LogP contribution in [0.2, 0.25) is 0 Å². The second-order valence-electron chi connectivity index (χ2n) is 6.81. The van der Waals surface area contributed by atoms with Crippen molar-refractivity contribution in [1.29, 1.82) is 0 Å². The van der Waals surface area contributed by atoms with Crippen LogP contribution in [-0.2, 0) is 4.74 Å². The number of ether oxygens (including phenoxy) is 1. The lowest BCUT2D eigenvalue weighted by Gasteiger charge is -2.19. The topological polar surface area (TPSA) is 48.9 Å². The number of halogens is 2. The van der Waals surface area contributed by atoms with E-state index < -0.39 is 0 Å². The summed E-state index contributed by atoms with van der Waals surface area (Å²) in [7, 11) is 0. The maximum absolute atomic E-state index is 5.68. The van der Waals surface area contributed by atoms with Crippen LogP contribution < -0.4 is 15.5 Å². The molecule has 0 aliphatic carbocycles. The minimum atomic E-state index is 0. The van der Waals surface area contributed by atoms with E-state index in [9.17, 15) is 0 Å². The average molecular weight is 537 g/mol. The van der Waals surface area contributed by atoms with Gasteiger partial charge < -0.3 is 20.3 Å². The summed E-state index contributed by atoms with van der Waals surface area (Å²) < 4.78 is 6.80. The molecule has 1 aromatic carbocycles. The molecule has 0 aromatic heterocycles. The van der Waals surface area contributed by atoms with Gasteiger partial charge in [0.1, 0.15) is 0 Å². The van der Waals surface area contributed by atoms with Crippen LogP contribution in [0.5, 0.6) is 0 Å². The third-order valence-corrected chi connectivity index (χ3v) is 5.38. The quantitative estimate of drug-likeness (QED) is 0.331. The van der Waals surface area contributed by atoms with Crippen LogP contribution in [0, 0.1) is 5.92 Å². The highest BCUT2D eigenvalue weighted by molar-refractivity contribution is 14.0. The van der Waals surface area contributed by atoms with Crippen LogP contribution >= 0.6 is 39.9 Å². The van der Waals surface area contributed by atoms with Crippen LogP contribution in [0.4, 0.5) is 5.69 Å². The molecule has 0 radical (unpaired) electrons. The van der Waals surface area contributed by atoms with Crippen LogP contribution in [0.1, 0.15) is 26.2 Å². The third-order valence-electron chi connectivity index (χ3n) is 4.85. The van der Waals surface area contributed by atoms with Crippen LogP contribution in [0.15, 0.2) is 33.7 Å². The van der Waals surface area contributed by atoms with Crippen molar-refractivity contribution in [3.05, 3.63) is 28.7 Å². The average Bonchev–Trinajstić information content (AvgIpc) is 3.30. The number of nitrogens with zero attached hydrogens (tertiary/aromatic N) is 2. The second-order valence-corrected chi connectivity index (χ2v) is 7.73. The number of hydrogen-bond acceptors (Lipinski definition) is 3. The molecule has 7 heteroatoms. The highest BCUT2D eigenvalue weighted by atomic mass is 127. The maximum Gasteiger partial charge on any atom is 0.191 e. The molecule has 2 fully saturated rings. The van der Waals surface area contributed by atoms with Gasteiger partial charge in [-0.25, -0.2) is 0 Å². The van der Waals surface area contributed by atoms with Crippen molar-refractivity contribution in [3.8, 4) is 0 Å². The number of hydrogen-bond donors (Lipinski definition) is 2. The first-order chi connectivity index (χ1) is 12.2. The molecule has 2 aliphatic rings. The smallest absolute Gasteiger partial charge is 0.191 e. The second kappa shape index (κ2) is 11.3. The van der Waals surface area contributed by atoms with E-state index in [1.165, 1.54) is 18.5 Å². The Hall–Kier alpha value is -0.540. The monoisotopic (exact) mass is 536 g/mol. The molecule has 2 atom stereocenters. The van der Waals surface area contributed by atoms with Crippen LogP contribution in [-0.4, -0.2) is 51.4 Å². The SMILES string of the molecule is CCNC(=NCC1CCN(c2ccc(Br)cc2)C1)NCC1CCCO1.I. The molecule has 0 spiro atoms. The molecule has 2 heterocycles. The summed E-state index contributed by atoms with van der Waals surface area (Å²) in [6.45, 7) is 7.79. The lowest BCUT2D eigenvalue weighted by molar-refractivity contribution is 0.114. The van der Waals surface area contributed by atoms with Gasteiger partial charge in [-0.1, -0.05) is 15.9 Å². The van der Waals surface area contributed by atoms with Gasteiger partial charge in [0, 0.05) is 49.5 Å². The predicted molar refractivity (Wildman–Crippen MR) is 123 cm³/mol. The first kappa shape index (κ1) is 21.8. The minimum absolute atomic E-state index is 0.